The second kappa shape index (κ2) is 15.2. The molecule has 0 radical (unpaired) electrons. The molecule has 0 aliphatic heterocycles. The van der Waals surface area contributed by atoms with Crippen molar-refractivity contribution in [3.8, 4) is 0 Å². The fourth-order valence-corrected chi connectivity index (χ4v) is 5.75. The van der Waals surface area contributed by atoms with Gasteiger partial charge in [0.05, 0.1) is 28.7 Å². The van der Waals surface area contributed by atoms with Crippen molar-refractivity contribution < 1.29 is 18.0 Å². The molecule has 0 aromatic heterocycles. The van der Waals surface area contributed by atoms with Crippen LogP contribution < -0.4 is 20.3 Å². The van der Waals surface area contributed by atoms with Crippen LogP contribution in [0.5, 0.6) is 0 Å². The van der Waals surface area contributed by atoms with Gasteiger partial charge in [0.15, 0.2) is 0 Å². The third kappa shape index (κ3) is 9.18. The van der Waals surface area contributed by atoms with Crippen molar-refractivity contribution in [2.45, 2.75) is 44.2 Å². The molecule has 2 amide bonds. The lowest BCUT2D eigenvalue weighted by atomic mass is 10.0. The summed E-state index contributed by atoms with van der Waals surface area (Å²) in [5.41, 5.74) is 4.00. The molecule has 9 heteroatoms. The van der Waals surface area contributed by atoms with Gasteiger partial charge >= 0.3 is 0 Å². The number of sulfonamides is 1. The van der Waals surface area contributed by atoms with Gasteiger partial charge in [0, 0.05) is 25.7 Å². The van der Waals surface area contributed by atoms with Crippen LogP contribution in [0.2, 0.25) is 0 Å². The molecule has 4 aromatic rings. The molecule has 0 saturated heterocycles. The van der Waals surface area contributed by atoms with Gasteiger partial charge in [-0.15, -0.1) is 0 Å². The highest BCUT2D eigenvalue weighted by Gasteiger charge is 2.24. The average Bonchev–Trinajstić information content (AvgIpc) is 3.03. The summed E-state index contributed by atoms with van der Waals surface area (Å²) in [5, 5.41) is 6.46. The number of rotatable bonds is 14. The SMILES string of the molecule is CC(C)CCN(C)c1ccc(C(=O)NC(CC(=O)NS(=O)(=O)c2ccccc2)c2ccccc2)cc1NCc1ccccc1. The van der Waals surface area contributed by atoms with Gasteiger partial charge in [-0.2, -0.15) is 0 Å². The summed E-state index contributed by atoms with van der Waals surface area (Å²) in [5.74, 6) is -0.551. The van der Waals surface area contributed by atoms with Gasteiger partial charge in [0.2, 0.25) is 5.91 Å². The lowest BCUT2D eigenvalue weighted by Crippen LogP contribution is -2.36. The van der Waals surface area contributed by atoms with E-state index in [1.807, 2.05) is 55.6 Å². The number of benzene rings is 4. The number of carbonyl (C=O) groups excluding carboxylic acids is 2. The minimum Gasteiger partial charge on any atom is -0.379 e. The zero-order chi connectivity index (χ0) is 31.5. The summed E-state index contributed by atoms with van der Waals surface area (Å²) in [4.78, 5) is 28.8. The fourth-order valence-electron chi connectivity index (χ4n) is 4.73. The quantitative estimate of drug-likeness (QED) is 0.158. The maximum atomic E-state index is 13.6. The van der Waals surface area contributed by atoms with Crippen LogP contribution in [0.4, 0.5) is 11.4 Å². The topological polar surface area (TPSA) is 108 Å². The maximum Gasteiger partial charge on any atom is 0.264 e. The highest BCUT2D eigenvalue weighted by molar-refractivity contribution is 7.90. The van der Waals surface area contributed by atoms with Gasteiger partial charge < -0.3 is 15.5 Å². The third-order valence-corrected chi connectivity index (χ3v) is 8.63. The first kappa shape index (κ1) is 32.3. The van der Waals surface area contributed by atoms with Crippen LogP contribution in [-0.4, -0.2) is 33.8 Å². The van der Waals surface area contributed by atoms with Gasteiger partial charge in [-0.3, -0.25) is 9.59 Å². The summed E-state index contributed by atoms with van der Waals surface area (Å²) in [6.07, 6.45) is 0.759. The molecule has 230 valence electrons. The van der Waals surface area contributed by atoms with E-state index in [9.17, 15) is 18.0 Å². The molecule has 8 nitrogen and oxygen atoms in total. The summed E-state index contributed by atoms with van der Waals surface area (Å²) >= 11 is 0. The predicted molar refractivity (Wildman–Crippen MR) is 176 cm³/mol. The standard InChI is InChI=1S/C35H40N4O4S/c1-26(2)21-22-39(3)33-20-19-29(23-32(33)36-25-27-13-7-4-8-14-27)35(41)37-31(28-15-9-5-10-16-28)24-34(40)38-44(42,43)30-17-11-6-12-18-30/h4-20,23,26,31,36H,21-22,24-25H2,1-3H3,(H,37,41)(H,38,40). The van der Waals surface area contributed by atoms with E-state index >= 15 is 0 Å². The van der Waals surface area contributed by atoms with E-state index in [0.717, 1.165) is 29.9 Å². The van der Waals surface area contributed by atoms with Crippen LogP contribution in [0, 0.1) is 5.92 Å². The van der Waals surface area contributed by atoms with Crippen LogP contribution in [0.3, 0.4) is 0 Å². The second-order valence-electron chi connectivity index (χ2n) is 11.2. The van der Waals surface area contributed by atoms with Crippen molar-refractivity contribution in [1.29, 1.82) is 0 Å². The zero-order valence-corrected chi connectivity index (χ0v) is 26.2. The highest BCUT2D eigenvalue weighted by atomic mass is 32.2. The molecule has 3 N–H and O–H groups in total. The Labute approximate surface area is 260 Å². The molecule has 0 aliphatic carbocycles. The number of hydrogen-bond acceptors (Lipinski definition) is 6. The number of anilines is 2. The second-order valence-corrected chi connectivity index (χ2v) is 12.8. The minimum absolute atomic E-state index is 0.0115. The lowest BCUT2D eigenvalue weighted by molar-refractivity contribution is -0.119. The molecular formula is C35H40N4O4S. The Morgan fingerprint density at radius 1 is 0.818 bits per heavy atom. The number of nitrogens with one attached hydrogen (secondary N) is 3. The average molecular weight is 613 g/mol. The van der Waals surface area contributed by atoms with Crippen molar-refractivity contribution in [2.24, 2.45) is 5.92 Å². The van der Waals surface area contributed by atoms with Gasteiger partial charge in [0.1, 0.15) is 0 Å². The Bertz CT molecular complexity index is 1630. The summed E-state index contributed by atoms with van der Waals surface area (Å²) in [6, 6.07) is 31.5. The number of amides is 2. The first-order chi connectivity index (χ1) is 21.1. The van der Waals surface area contributed by atoms with E-state index < -0.39 is 22.0 Å². The Kier molecular flexibility index (Phi) is 11.2. The summed E-state index contributed by atoms with van der Waals surface area (Å²) in [6.45, 7) is 5.83. The van der Waals surface area contributed by atoms with Crippen molar-refractivity contribution in [3.05, 3.63) is 126 Å². The molecular weight excluding hydrogens is 572 g/mol. The van der Waals surface area contributed by atoms with Crippen LogP contribution in [0.15, 0.2) is 114 Å². The van der Waals surface area contributed by atoms with Crippen molar-refractivity contribution in [1.82, 2.24) is 10.0 Å². The first-order valence-electron chi connectivity index (χ1n) is 14.7. The maximum absolute atomic E-state index is 13.6. The molecule has 0 heterocycles. The minimum atomic E-state index is -4.05. The molecule has 0 fully saturated rings. The number of nitrogens with zero attached hydrogens (tertiary/aromatic N) is 1. The number of carbonyl (C=O) groups is 2. The van der Waals surface area contributed by atoms with Crippen LogP contribution >= 0.6 is 0 Å². The van der Waals surface area contributed by atoms with Crippen LogP contribution in [0.25, 0.3) is 0 Å². The van der Waals surface area contributed by atoms with Crippen LogP contribution in [0.1, 0.15) is 54.2 Å². The van der Waals surface area contributed by atoms with Crippen molar-refractivity contribution in [2.75, 3.05) is 23.8 Å². The van der Waals surface area contributed by atoms with Crippen LogP contribution in [-0.2, 0) is 21.4 Å². The Hall–Kier alpha value is -4.63. The van der Waals surface area contributed by atoms with Gasteiger partial charge in [-0.1, -0.05) is 92.7 Å². The van der Waals surface area contributed by atoms with E-state index in [4.69, 9.17) is 0 Å². The van der Waals surface area contributed by atoms with E-state index in [-0.39, 0.29) is 17.2 Å². The zero-order valence-electron chi connectivity index (χ0n) is 25.4. The Balaban J connectivity index is 1.55. The van der Waals surface area contributed by atoms with Crippen molar-refractivity contribution in [3.63, 3.8) is 0 Å². The lowest BCUT2D eigenvalue weighted by Gasteiger charge is -2.25. The molecule has 0 spiro atoms. The van der Waals surface area contributed by atoms with Gasteiger partial charge in [-0.25, -0.2) is 13.1 Å². The largest absolute Gasteiger partial charge is 0.379 e. The normalized spacial score (nSPS) is 11.9. The monoisotopic (exact) mass is 612 g/mol. The third-order valence-electron chi connectivity index (χ3n) is 7.24. The molecule has 44 heavy (non-hydrogen) atoms. The molecule has 4 rings (SSSR count). The Morgan fingerprint density at radius 2 is 1.43 bits per heavy atom. The predicted octanol–water partition coefficient (Wildman–Crippen LogP) is 6.15. The van der Waals surface area contributed by atoms with Crippen molar-refractivity contribution >= 4 is 33.2 Å². The van der Waals surface area contributed by atoms with Gasteiger partial charge in [-0.05, 0) is 53.8 Å². The smallest absolute Gasteiger partial charge is 0.264 e. The first-order valence-corrected chi connectivity index (χ1v) is 16.2. The summed E-state index contributed by atoms with van der Waals surface area (Å²) in [7, 11) is -2.01. The molecule has 0 aliphatic rings. The van der Waals surface area contributed by atoms with E-state index in [0.29, 0.717) is 23.6 Å². The molecule has 1 unspecified atom stereocenters. The summed E-state index contributed by atoms with van der Waals surface area (Å²) < 4.78 is 27.6. The van der Waals surface area contributed by atoms with E-state index in [1.165, 1.54) is 12.1 Å². The fraction of sp³-hybridized carbons (Fsp3) is 0.257. The Morgan fingerprint density at radius 3 is 2.07 bits per heavy atom. The number of hydrogen-bond donors (Lipinski definition) is 3. The highest BCUT2D eigenvalue weighted by Crippen LogP contribution is 2.28. The molecule has 0 bridgehead atoms. The molecule has 4 aromatic carbocycles. The molecule has 1 atom stereocenters. The molecule has 0 saturated carbocycles. The van der Waals surface area contributed by atoms with E-state index in [2.05, 4.69) is 34.1 Å². The van der Waals surface area contributed by atoms with E-state index in [1.54, 1.807) is 48.5 Å². The van der Waals surface area contributed by atoms with Gasteiger partial charge in [0.25, 0.3) is 15.9 Å².